The molecule has 2 amide bonds. The van der Waals surface area contributed by atoms with Gasteiger partial charge >= 0.3 is 6.09 Å². The number of hydrogen-bond donors (Lipinski definition) is 1. The lowest BCUT2D eigenvalue weighted by atomic mass is 10.1. The summed E-state index contributed by atoms with van der Waals surface area (Å²) < 4.78 is 17.4. The van der Waals surface area contributed by atoms with Gasteiger partial charge < -0.3 is 23.9 Å². The van der Waals surface area contributed by atoms with Gasteiger partial charge in [0, 0.05) is 12.6 Å². The topological polar surface area (TPSA) is 88.5 Å². The molecule has 0 saturated carbocycles. The van der Waals surface area contributed by atoms with E-state index < -0.39 is 26.7 Å². The van der Waals surface area contributed by atoms with Crippen molar-refractivity contribution in [3.05, 3.63) is 42.5 Å². The minimum atomic E-state index is -2.41. The minimum absolute atomic E-state index is 0.00531. The molecule has 1 N–H and O–H groups in total. The highest BCUT2D eigenvalue weighted by atomic mass is 28.4. The lowest BCUT2D eigenvalue weighted by molar-refractivity contribution is 0.0528. The fourth-order valence-corrected chi connectivity index (χ4v) is 5.09. The van der Waals surface area contributed by atoms with E-state index in [2.05, 4.69) is 47.0 Å². The maximum absolute atomic E-state index is 13.6. The molecule has 8 nitrogen and oxygen atoms in total. The third kappa shape index (κ3) is 4.52. The lowest BCUT2D eigenvalue weighted by Gasteiger charge is -2.44. The van der Waals surface area contributed by atoms with Crippen molar-refractivity contribution in [1.29, 1.82) is 0 Å². The van der Waals surface area contributed by atoms with E-state index in [9.17, 15) is 14.7 Å². The van der Waals surface area contributed by atoms with Crippen LogP contribution in [-0.2, 0) is 9.16 Å². The van der Waals surface area contributed by atoms with Gasteiger partial charge in [0.25, 0.3) is 5.91 Å². The number of carbonyl (C=O) groups excluding carboxylic acids is 2. The van der Waals surface area contributed by atoms with Gasteiger partial charge in [-0.3, -0.25) is 4.79 Å². The van der Waals surface area contributed by atoms with Crippen LogP contribution in [0.5, 0.6) is 11.5 Å². The van der Waals surface area contributed by atoms with Crippen molar-refractivity contribution in [2.24, 2.45) is 0 Å². The molecule has 1 aromatic rings. The Bertz CT molecular complexity index is 984. The minimum Gasteiger partial charge on any atom is -0.504 e. The first kappa shape index (κ1) is 24.9. The summed E-state index contributed by atoms with van der Waals surface area (Å²) in [6, 6.07) is 2.37. The van der Waals surface area contributed by atoms with E-state index >= 15 is 0 Å². The second-order valence-corrected chi connectivity index (χ2v) is 14.8. The number of nitrogens with zero attached hydrogens (tertiary/aromatic N) is 2. The normalized spacial score (nSPS) is 20.8. The predicted molar refractivity (Wildman–Crippen MR) is 129 cm³/mol. The largest absolute Gasteiger partial charge is 0.504 e. The standard InChI is InChI=1S/C24H34N2O6Si/c1-9-10-31-23(29)26-17-13-19(27)20(30-6)12-16(17)21(28)25-14-15(2)11-18(25)22(26)32-33(7,8)24(3,4)5/h9,12-13,18,22,27H,1-2,10-11,14H2,3-8H3/t18-,22?/m0/s1. The SMILES string of the molecule is C=CCOC(=O)N1c2cc(O)c(OC)cc2C(=O)N2CC(=C)C[C@H]2C1O[Si](C)(C)C(C)(C)C. The van der Waals surface area contributed by atoms with Gasteiger partial charge in [-0.15, -0.1) is 0 Å². The fourth-order valence-electron chi connectivity index (χ4n) is 3.87. The summed E-state index contributed by atoms with van der Waals surface area (Å²) in [6.45, 7) is 18.6. The zero-order chi connectivity index (χ0) is 24.7. The van der Waals surface area contributed by atoms with E-state index in [1.165, 1.54) is 30.2 Å². The Kier molecular flexibility index (Phi) is 6.68. The first-order chi connectivity index (χ1) is 15.3. The lowest BCUT2D eigenvalue weighted by Crippen LogP contribution is -2.58. The fraction of sp³-hybridized carbons (Fsp3) is 0.500. The van der Waals surface area contributed by atoms with Gasteiger partial charge in [-0.25, -0.2) is 9.69 Å². The van der Waals surface area contributed by atoms with Gasteiger partial charge in [0.05, 0.1) is 24.4 Å². The van der Waals surface area contributed by atoms with Crippen molar-refractivity contribution in [3.63, 3.8) is 0 Å². The maximum atomic E-state index is 13.6. The van der Waals surface area contributed by atoms with Gasteiger partial charge in [-0.1, -0.05) is 45.6 Å². The van der Waals surface area contributed by atoms with E-state index in [1.54, 1.807) is 4.90 Å². The predicted octanol–water partition coefficient (Wildman–Crippen LogP) is 4.66. The number of hydrogen-bond acceptors (Lipinski definition) is 6. The van der Waals surface area contributed by atoms with Crippen LogP contribution in [0.2, 0.25) is 18.1 Å². The number of fused-ring (bicyclic) bond motifs is 2. The number of phenolic OH excluding ortho intramolecular Hbond substituents is 1. The van der Waals surface area contributed by atoms with Crippen molar-refractivity contribution in [2.75, 3.05) is 25.2 Å². The first-order valence-electron chi connectivity index (χ1n) is 11.0. The third-order valence-electron chi connectivity index (χ3n) is 6.67. The summed E-state index contributed by atoms with van der Waals surface area (Å²) in [5.41, 5.74) is 1.32. The average molecular weight is 475 g/mol. The molecule has 9 heteroatoms. The molecule has 180 valence electrons. The molecule has 0 radical (unpaired) electrons. The molecule has 1 aromatic carbocycles. The number of carbonyl (C=O) groups is 2. The molecule has 2 atom stereocenters. The highest BCUT2D eigenvalue weighted by Gasteiger charge is 2.51. The van der Waals surface area contributed by atoms with Crippen LogP contribution in [0, 0.1) is 0 Å². The summed E-state index contributed by atoms with van der Waals surface area (Å²) >= 11 is 0. The second-order valence-electron chi connectivity index (χ2n) is 10.0. The van der Waals surface area contributed by atoms with E-state index in [4.69, 9.17) is 13.9 Å². The number of phenols is 1. The van der Waals surface area contributed by atoms with Crippen molar-refractivity contribution >= 4 is 26.0 Å². The van der Waals surface area contributed by atoms with Gasteiger partial charge in [0.2, 0.25) is 0 Å². The summed E-state index contributed by atoms with van der Waals surface area (Å²) in [4.78, 5) is 30.1. The van der Waals surface area contributed by atoms with Crippen LogP contribution in [0.4, 0.5) is 10.5 Å². The number of ether oxygens (including phenoxy) is 2. The number of benzene rings is 1. The molecular formula is C24H34N2O6Si. The molecule has 1 fully saturated rings. The molecule has 2 heterocycles. The molecule has 0 aromatic heterocycles. The van der Waals surface area contributed by atoms with Crippen LogP contribution in [0.3, 0.4) is 0 Å². The van der Waals surface area contributed by atoms with Crippen LogP contribution >= 0.6 is 0 Å². The van der Waals surface area contributed by atoms with E-state index in [1.807, 2.05) is 0 Å². The molecule has 3 rings (SSSR count). The summed E-state index contributed by atoms with van der Waals surface area (Å²) in [5, 5.41) is 10.4. The van der Waals surface area contributed by atoms with Crippen LogP contribution in [0.15, 0.2) is 36.9 Å². The average Bonchev–Trinajstić information content (AvgIpc) is 3.08. The quantitative estimate of drug-likeness (QED) is 0.493. The summed E-state index contributed by atoms with van der Waals surface area (Å²) in [5.74, 6) is -0.335. The molecule has 0 aliphatic carbocycles. The van der Waals surface area contributed by atoms with E-state index in [0.717, 1.165) is 5.57 Å². The molecular weight excluding hydrogens is 440 g/mol. The molecule has 2 aliphatic rings. The van der Waals surface area contributed by atoms with Gasteiger partial charge in [-0.2, -0.15) is 0 Å². The van der Waals surface area contributed by atoms with E-state index in [0.29, 0.717) is 13.0 Å². The molecule has 1 saturated heterocycles. The van der Waals surface area contributed by atoms with Crippen molar-refractivity contribution in [2.45, 2.75) is 57.6 Å². The molecule has 0 bridgehead atoms. The van der Waals surface area contributed by atoms with Crippen molar-refractivity contribution in [1.82, 2.24) is 4.90 Å². The number of rotatable bonds is 5. The number of anilines is 1. The van der Waals surface area contributed by atoms with Crippen LogP contribution in [-0.4, -0.2) is 62.9 Å². The second kappa shape index (κ2) is 8.87. The monoisotopic (exact) mass is 474 g/mol. The number of methoxy groups -OCH3 is 1. The van der Waals surface area contributed by atoms with Crippen molar-refractivity contribution in [3.8, 4) is 11.5 Å². The summed E-state index contributed by atoms with van der Waals surface area (Å²) in [6.07, 6.45) is 0.464. The highest BCUT2D eigenvalue weighted by molar-refractivity contribution is 6.74. The molecule has 33 heavy (non-hydrogen) atoms. The van der Waals surface area contributed by atoms with Crippen LogP contribution in [0.25, 0.3) is 0 Å². The first-order valence-corrected chi connectivity index (χ1v) is 13.9. The Balaban J connectivity index is 2.25. The van der Waals surface area contributed by atoms with Gasteiger partial charge in [0.15, 0.2) is 26.0 Å². The molecule has 1 unspecified atom stereocenters. The zero-order valence-electron chi connectivity index (χ0n) is 20.3. The van der Waals surface area contributed by atoms with Gasteiger partial charge in [0.1, 0.15) is 6.61 Å². The maximum Gasteiger partial charge on any atom is 0.416 e. The highest BCUT2D eigenvalue weighted by Crippen LogP contribution is 2.45. The van der Waals surface area contributed by atoms with E-state index in [-0.39, 0.29) is 40.3 Å². The molecule has 0 spiro atoms. The Morgan fingerprint density at radius 2 is 2.00 bits per heavy atom. The molecule has 2 aliphatic heterocycles. The summed E-state index contributed by atoms with van der Waals surface area (Å²) in [7, 11) is -1.01. The Morgan fingerprint density at radius 1 is 1.33 bits per heavy atom. The zero-order valence-corrected chi connectivity index (χ0v) is 21.3. The van der Waals surface area contributed by atoms with Crippen molar-refractivity contribution < 1.29 is 28.6 Å². The number of aromatic hydroxyl groups is 1. The van der Waals surface area contributed by atoms with Crippen LogP contribution < -0.4 is 9.64 Å². The Labute approximate surface area is 196 Å². The Hall–Kier alpha value is -2.78. The van der Waals surface area contributed by atoms with Gasteiger partial charge in [-0.05, 0) is 30.6 Å². The third-order valence-corrected chi connectivity index (χ3v) is 11.1. The number of amides is 2. The smallest absolute Gasteiger partial charge is 0.416 e. The Morgan fingerprint density at radius 3 is 2.58 bits per heavy atom. The van der Waals surface area contributed by atoms with Crippen LogP contribution in [0.1, 0.15) is 37.6 Å².